The molecule has 2 aromatic rings. The van der Waals surface area contributed by atoms with Crippen LogP contribution in [0.4, 0.5) is 0 Å². The second kappa shape index (κ2) is 12.0. The highest BCUT2D eigenvalue weighted by molar-refractivity contribution is 14.0. The summed E-state index contributed by atoms with van der Waals surface area (Å²) in [6, 6.07) is 7.78. The third kappa shape index (κ3) is 6.93. The minimum Gasteiger partial charge on any atom is -0.370 e. The Balaban J connectivity index is 0.00000341. The predicted octanol–water partition coefficient (Wildman–Crippen LogP) is 2.32. The van der Waals surface area contributed by atoms with Crippen LogP contribution in [0.5, 0.6) is 0 Å². The fourth-order valence-electron chi connectivity index (χ4n) is 3.48. The Morgan fingerprint density at radius 3 is 2.87 bits per heavy atom. The molecule has 0 saturated carbocycles. The lowest BCUT2D eigenvalue weighted by Gasteiger charge is -2.34. The summed E-state index contributed by atoms with van der Waals surface area (Å²) in [7, 11) is 5.45. The van der Waals surface area contributed by atoms with Gasteiger partial charge < -0.3 is 19.9 Å². The number of nitrogens with one attached hydrogen (secondary N) is 1. The minimum atomic E-state index is -0.00923. The van der Waals surface area contributed by atoms with Gasteiger partial charge in [0.15, 0.2) is 5.96 Å². The molecular formula is C22H33IN6O2. The first kappa shape index (κ1) is 25.1. The molecule has 1 fully saturated rings. The molecule has 0 spiro atoms. The second-order valence-electron chi connectivity index (χ2n) is 7.64. The van der Waals surface area contributed by atoms with Crippen molar-refractivity contribution in [2.24, 2.45) is 12.0 Å². The van der Waals surface area contributed by atoms with Crippen LogP contribution >= 0.6 is 24.0 Å². The fraction of sp³-hybridized carbons (Fsp3) is 0.500. The van der Waals surface area contributed by atoms with Gasteiger partial charge in [-0.05, 0) is 31.0 Å². The maximum absolute atomic E-state index is 12.2. The van der Waals surface area contributed by atoms with Crippen molar-refractivity contribution in [3.8, 4) is 0 Å². The van der Waals surface area contributed by atoms with Gasteiger partial charge in [-0.3, -0.25) is 14.5 Å². The second-order valence-corrected chi connectivity index (χ2v) is 7.64. The number of ether oxygens (including phenoxy) is 1. The molecule has 1 N–H and O–H groups in total. The highest BCUT2D eigenvalue weighted by Gasteiger charge is 2.25. The quantitative estimate of drug-likeness (QED) is 0.346. The van der Waals surface area contributed by atoms with Crippen molar-refractivity contribution in [3.05, 3.63) is 53.3 Å². The zero-order valence-electron chi connectivity index (χ0n) is 18.7. The van der Waals surface area contributed by atoms with E-state index in [9.17, 15) is 4.79 Å². The van der Waals surface area contributed by atoms with Crippen LogP contribution in [0, 0.1) is 0 Å². The Hall–Kier alpha value is -2.14. The number of amides is 1. The number of hydrogen-bond acceptors (Lipinski definition) is 4. The van der Waals surface area contributed by atoms with E-state index in [-0.39, 0.29) is 36.0 Å². The van der Waals surface area contributed by atoms with Gasteiger partial charge in [0, 0.05) is 58.1 Å². The largest absolute Gasteiger partial charge is 0.370 e. The number of aliphatic imine (C=N–C) groups is 1. The molecule has 1 aromatic carbocycles. The molecule has 1 aliphatic rings. The molecule has 0 aliphatic carbocycles. The zero-order valence-corrected chi connectivity index (χ0v) is 21.1. The number of carbonyl (C=O) groups excluding carboxylic acids is 1. The summed E-state index contributed by atoms with van der Waals surface area (Å²) in [5, 5.41) is 7.66. The number of halogens is 1. The number of nitrogens with zero attached hydrogens (tertiary/aromatic N) is 5. The molecule has 1 amide bonds. The molecule has 2 heterocycles. The zero-order chi connectivity index (χ0) is 21.5. The minimum absolute atomic E-state index is 0. The third-order valence-corrected chi connectivity index (χ3v) is 5.04. The van der Waals surface area contributed by atoms with Crippen molar-refractivity contribution in [1.29, 1.82) is 0 Å². The molecule has 8 nitrogen and oxygen atoms in total. The van der Waals surface area contributed by atoms with Crippen molar-refractivity contribution in [1.82, 2.24) is 24.9 Å². The monoisotopic (exact) mass is 540 g/mol. The molecule has 1 unspecified atom stereocenters. The normalized spacial score (nSPS) is 16.6. The van der Waals surface area contributed by atoms with E-state index in [0.29, 0.717) is 18.7 Å². The fourth-order valence-corrected chi connectivity index (χ4v) is 3.48. The Morgan fingerprint density at radius 2 is 2.19 bits per heavy atom. The molecule has 1 aliphatic heterocycles. The van der Waals surface area contributed by atoms with Gasteiger partial charge in [0.05, 0.1) is 19.3 Å². The number of guanidine groups is 1. The number of rotatable bonds is 6. The van der Waals surface area contributed by atoms with Crippen LogP contribution < -0.4 is 5.32 Å². The molecule has 9 heteroatoms. The molecule has 0 bridgehead atoms. The number of benzene rings is 1. The highest BCUT2D eigenvalue weighted by atomic mass is 127. The van der Waals surface area contributed by atoms with E-state index >= 15 is 0 Å². The van der Waals surface area contributed by atoms with Gasteiger partial charge in [-0.1, -0.05) is 12.1 Å². The van der Waals surface area contributed by atoms with E-state index in [2.05, 4.69) is 22.2 Å². The van der Waals surface area contributed by atoms with E-state index in [0.717, 1.165) is 43.1 Å². The summed E-state index contributed by atoms with van der Waals surface area (Å²) in [6.07, 6.45) is 4.63. The molecule has 170 valence electrons. The van der Waals surface area contributed by atoms with Gasteiger partial charge >= 0.3 is 0 Å². The standard InChI is InChI=1S/C22H32N6O2.HI/c1-5-23-22(28-11-12-30-20(16-28)19-14-25-27(4)15-19)24-10-9-17-7-6-8-18(13-17)21(29)26(2)3;/h6-8,13-15,20H,5,9-12,16H2,1-4H3,(H,23,24);1H. The molecular weight excluding hydrogens is 507 g/mol. The molecule has 1 atom stereocenters. The number of hydrogen-bond donors (Lipinski definition) is 1. The van der Waals surface area contributed by atoms with E-state index in [4.69, 9.17) is 9.73 Å². The van der Waals surface area contributed by atoms with Crippen molar-refractivity contribution in [3.63, 3.8) is 0 Å². The topological polar surface area (TPSA) is 75.0 Å². The summed E-state index contributed by atoms with van der Waals surface area (Å²) in [5.41, 5.74) is 2.90. The molecule has 31 heavy (non-hydrogen) atoms. The van der Waals surface area contributed by atoms with Gasteiger partial charge in [0.2, 0.25) is 0 Å². The molecule has 1 saturated heterocycles. The lowest BCUT2D eigenvalue weighted by atomic mass is 10.1. The van der Waals surface area contributed by atoms with Crippen LogP contribution in [0.15, 0.2) is 41.7 Å². The first-order valence-corrected chi connectivity index (χ1v) is 10.4. The molecule has 1 aromatic heterocycles. The van der Waals surface area contributed by atoms with E-state index in [1.807, 2.05) is 43.7 Å². The first-order chi connectivity index (χ1) is 14.5. The van der Waals surface area contributed by atoms with Crippen LogP contribution in [-0.4, -0.2) is 78.3 Å². The van der Waals surface area contributed by atoms with Gasteiger partial charge in [-0.15, -0.1) is 24.0 Å². The predicted molar refractivity (Wildman–Crippen MR) is 133 cm³/mol. The maximum Gasteiger partial charge on any atom is 0.253 e. The van der Waals surface area contributed by atoms with Gasteiger partial charge in [-0.25, -0.2) is 0 Å². The molecule has 0 radical (unpaired) electrons. The van der Waals surface area contributed by atoms with Gasteiger partial charge in [-0.2, -0.15) is 5.10 Å². The van der Waals surface area contributed by atoms with Crippen LogP contribution in [0.3, 0.4) is 0 Å². The summed E-state index contributed by atoms with van der Waals surface area (Å²) in [4.78, 5) is 20.9. The third-order valence-electron chi connectivity index (χ3n) is 5.04. The van der Waals surface area contributed by atoms with Crippen molar-refractivity contribution >= 4 is 35.8 Å². The lowest BCUT2D eigenvalue weighted by Crippen LogP contribution is -2.48. The Labute approximate surface area is 201 Å². The Morgan fingerprint density at radius 1 is 1.39 bits per heavy atom. The lowest BCUT2D eigenvalue weighted by molar-refractivity contribution is -0.00803. The summed E-state index contributed by atoms with van der Waals surface area (Å²) in [6.45, 7) is 5.72. The highest BCUT2D eigenvalue weighted by Crippen LogP contribution is 2.21. The number of aryl methyl sites for hydroxylation is 1. The van der Waals surface area contributed by atoms with Crippen LogP contribution in [0.1, 0.15) is 34.5 Å². The molecule has 3 rings (SSSR count). The van der Waals surface area contributed by atoms with E-state index < -0.39 is 0 Å². The first-order valence-electron chi connectivity index (χ1n) is 10.4. The SMILES string of the molecule is CCNC(=NCCc1cccc(C(=O)N(C)C)c1)N1CCOC(c2cnn(C)c2)C1.I. The summed E-state index contributed by atoms with van der Waals surface area (Å²) >= 11 is 0. The van der Waals surface area contributed by atoms with Gasteiger partial charge in [0.1, 0.15) is 6.10 Å². The number of aromatic nitrogens is 2. The number of carbonyl (C=O) groups is 1. The van der Waals surface area contributed by atoms with E-state index in [1.54, 1.807) is 23.7 Å². The van der Waals surface area contributed by atoms with Gasteiger partial charge in [0.25, 0.3) is 5.91 Å². The summed E-state index contributed by atoms with van der Waals surface area (Å²) < 4.78 is 7.75. The summed E-state index contributed by atoms with van der Waals surface area (Å²) in [5.74, 6) is 0.915. The van der Waals surface area contributed by atoms with Crippen LogP contribution in [-0.2, 0) is 18.2 Å². The van der Waals surface area contributed by atoms with Crippen LogP contribution in [0.2, 0.25) is 0 Å². The smallest absolute Gasteiger partial charge is 0.253 e. The van der Waals surface area contributed by atoms with E-state index in [1.165, 1.54) is 0 Å². The van der Waals surface area contributed by atoms with Crippen molar-refractivity contribution in [2.45, 2.75) is 19.4 Å². The van der Waals surface area contributed by atoms with Crippen molar-refractivity contribution < 1.29 is 9.53 Å². The number of morpholine rings is 1. The Bertz CT molecular complexity index is 882. The average molecular weight is 540 g/mol. The maximum atomic E-state index is 12.2. The van der Waals surface area contributed by atoms with Crippen LogP contribution in [0.25, 0.3) is 0 Å². The Kier molecular flexibility index (Phi) is 9.76. The van der Waals surface area contributed by atoms with Crippen molar-refractivity contribution in [2.75, 3.05) is 46.9 Å². The average Bonchev–Trinajstić information content (AvgIpc) is 3.19.